The van der Waals surface area contributed by atoms with Crippen molar-refractivity contribution in [3.05, 3.63) is 12.7 Å². The van der Waals surface area contributed by atoms with Crippen molar-refractivity contribution >= 4 is 0 Å². The lowest BCUT2D eigenvalue weighted by Gasteiger charge is -2.52. The van der Waals surface area contributed by atoms with Crippen molar-refractivity contribution in [1.29, 1.82) is 0 Å². The maximum atomic E-state index is 9.09. The van der Waals surface area contributed by atoms with E-state index in [1.165, 1.54) is 0 Å². The van der Waals surface area contributed by atoms with Crippen LogP contribution in [0.2, 0.25) is 0 Å². The molecule has 0 aromatic carbocycles. The maximum absolute atomic E-state index is 9.09. The molecule has 1 saturated heterocycles. The Kier molecular flexibility index (Phi) is 9.27. The molecule has 0 aromatic rings. The number of ether oxygens (including phenoxy) is 5. The van der Waals surface area contributed by atoms with Gasteiger partial charge in [0.15, 0.2) is 0 Å². The van der Waals surface area contributed by atoms with Gasteiger partial charge in [-0.2, -0.15) is 0 Å². The quantitative estimate of drug-likeness (QED) is 0.457. The molecule has 23 heavy (non-hydrogen) atoms. The number of aliphatic hydroxyl groups is 1. The van der Waals surface area contributed by atoms with Gasteiger partial charge in [0.2, 0.25) is 0 Å². The highest BCUT2D eigenvalue weighted by Crippen LogP contribution is 2.40. The topological polar surface area (TPSA) is 66.4 Å². The highest BCUT2D eigenvalue weighted by atomic mass is 16.6. The molecule has 1 rings (SSSR count). The predicted octanol–water partition coefficient (Wildman–Crippen LogP) is 1.55. The Morgan fingerprint density at radius 1 is 1.09 bits per heavy atom. The monoisotopic (exact) mass is 332 g/mol. The van der Waals surface area contributed by atoms with Gasteiger partial charge in [-0.05, 0) is 25.7 Å². The molecule has 0 amide bonds. The summed E-state index contributed by atoms with van der Waals surface area (Å²) in [6.07, 6.45) is 3.68. The molecule has 1 heterocycles. The summed E-state index contributed by atoms with van der Waals surface area (Å²) in [5, 5.41) is 9.09. The molecule has 1 N–H and O–H groups in total. The van der Waals surface area contributed by atoms with Crippen LogP contribution in [0.4, 0.5) is 0 Å². The summed E-state index contributed by atoms with van der Waals surface area (Å²) in [7, 11) is 6.60. The van der Waals surface area contributed by atoms with Gasteiger partial charge in [0.05, 0.1) is 6.61 Å². The molecule has 6 nitrogen and oxygen atoms in total. The zero-order chi connectivity index (χ0) is 17.3. The van der Waals surface area contributed by atoms with Crippen LogP contribution in [0.1, 0.15) is 25.7 Å². The van der Waals surface area contributed by atoms with Crippen molar-refractivity contribution in [2.75, 3.05) is 41.7 Å². The van der Waals surface area contributed by atoms with E-state index in [0.717, 1.165) is 19.3 Å². The highest BCUT2D eigenvalue weighted by Gasteiger charge is 2.54. The van der Waals surface area contributed by atoms with Crippen LogP contribution in [-0.4, -0.2) is 76.8 Å². The molecule has 0 aliphatic carbocycles. The molecule has 1 fully saturated rings. The zero-order valence-electron chi connectivity index (χ0n) is 14.8. The summed E-state index contributed by atoms with van der Waals surface area (Å²) < 4.78 is 28.8. The van der Waals surface area contributed by atoms with E-state index in [-0.39, 0.29) is 31.0 Å². The summed E-state index contributed by atoms with van der Waals surface area (Å²) in [5.41, 5.74) is -0.565. The highest BCUT2D eigenvalue weighted by molar-refractivity contribution is 5.06. The first-order chi connectivity index (χ1) is 11.1. The van der Waals surface area contributed by atoms with Crippen molar-refractivity contribution in [2.24, 2.45) is 0 Å². The molecule has 0 radical (unpaired) electrons. The Morgan fingerprint density at radius 2 is 1.78 bits per heavy atom. The van der Waals surface area contributed by atoms with E-state index >= 15 is 0 Å². The van der Waals surface area contributed by atoms with Crippen LogP contribution in [-0.2, 0) is 23.7 Å². The van der Waals surface area contributed by atoms with Gasteiger partial charge in [-0.25, -0.2) is 0 Å². The van der Waals surface area contributed by atoms with Gasteiger partial charge < -0.3 is 28.8 Å². The lowest BCUT2D eigenvalue weighted by atomic mass is 9.78. The molecule has 136 valence electrons. The van der Waals surface area contributed by atoms with E-state index in [2.05, 4.69) is 6.58 Å². The average Bonchev–Trinajstić information content (AvgIpc) is 2.55. The normalized spacial score (nSPS) is 34.5. The standard InChI is InChI=1S/C17H32O6/c1-6-9-17(10-7-8-11-18)16(22-5)15(21-4)14(20-3)13(23-17)12-19-2/h6,13-16,18H,1,7-12H2,2-5H3/t13-,14-,15+,16+,17+/m1/s1. The zero-order valence-corrected chi connectivity index (χ0v) is 14.8. The van der Waals surface area contributed by atoms with E-state index < -0.39 is 5.60 Å². The molecule has 6 heteroatoms. The van der Waals surface area contributed by atoms with Crippen LogP contribution in [0, 0.1) is 0 Å². The fourth-order valence-corrected chi connectivity index (χ4v) is 3.55. The number of methoxy groups -OCH3 is 4. The van der Waals surface area contributed by atoms with Gasteiger partial charge in [0, 0.05) is 35.0 Å². The summed E-state index contributed by atoms with van der Waals surface area (Å²) in [6, 6.07) is 0. The minimum absolute atomic E-state index is 0.164. The van der Waals surface area contributed by atoms with E-state index in [0.29, 0.717) is 13.0 Å². The van der Waals surface area contributed by atoms with Crippen LogP contribution in [0.3, 0.4) is 0 Å². The molecule has 5 atom stereocenters. The lowest BCUT2D eigenvalue weighted by molar-refractivity contribution is -0.291. The second-order valence-corrected chi connectivity index (χ2v) is 5.91. The number of hydrogen-bond donors (Lipinski definition) is 1. The fourth-order valence-electron chi connectivity index (χ4n) is 3.55. The first kappa shape index (κ1) is 20.5. The molecular formula is C17H32O6. The van der Waals surface area contributed by atoms with Crippen LogP contribution in [0.25, 0.3) is 0 Å². The molecule has 0 aromatic heterocycles. The van der Waals surface area contributed by atoms with Crippen LogP contribution >= 0.6 is 0 Å². The lowest BCUT2D eigenvalue weighted by Crippen LogP contribution is -2.66. The van der Waals surface area contributed by atoms with Crippen molar-refractivity contribution in [3.8, 4) is 0 Å². The first-order valence-corrected chi connectivity index (χ1v) is 8.11. The first-order valence-electron chi connectivity index (χ1n) is 8.11. The second-order valence-electron chi connectivity index (χ2n) is 5.91. The van der Waals surface area contributed by atoms with E-state index in [4.69, 9.17) is 28.8 Å². The third-order valence-corrected chi connectivity index (χ3v) is 4.52. The van der Waals surface area contributed by atoms with E-state index in [9.17, 15) is 0 Å². The van der Waals surface area contributed by atoms with Crippen molar-refractivity contribution in [3.63, 3.8) is 0 Å². The maximum Gasteiger partial charge on any atom is 0.115 e. The number of hydrogen-bond acceptors (Lipinski definition) is 6. The van der Waals surface area contributed by atoms with E-state index in [1.807, 2.05) is 6.08 Å². The predicted molar refractivity (Wildman–Crippen MR) is 87.6 cm³/mol. The molecule has 0 bridgehead atoms. The largest absolute Gasteiger partial charge is 0.396 e. The SMILES string of the molecule is C=CC[C@@]1(CCCCO)O[C@H](COC)[C@@H](OC)[C@H](OC)[C@@H]1OC. The molecule has 1 aliphatic rings. The summed E-state index contributed by atoms with van der Waals surface area (Å²) in [5.74, 6) is 0. The smallest absolute Gasteiger partial charge is 0.115 e. The van der Waals surface area contributed by atoms with Crippen LogP contribution in [0.5, 0.6) is 0 Å². The third-order valence-electron chi connectivity index (χ3n) is 4.52. The third kappa shape index (κ3) is 4.75. The molecule has 0 unspecified atom stereocenters. The van der Waals surface area contributed by atoms with Crippen molar-refractivity contribution in [2.45, 2.75) is 55.7 Å². The Morgan fingerprint density at radius 3 is 2.26 bits per heavy atom. The van der Waals surface area contributed by atoms with Gasteiger partial charge in [0.25, 0.3) is 0 Å². The number of aliphatic hydroxyl groups excluding tert-OH is 1. The molecule has 0 spiro atoms. The Hall–Kier alpha value is -0.500. The number of rotatable bonds is 11. The Balaban J connectivity index is 3.13. The molecular weight excluding hydrogens is 300 g/mol. The second kappa shape index (κ2) is 10.4. The van der Waals surface area contributed by atoms with Crippen LogP contribution < -0.4 is 0 Å². The van der Waals surface area contributed by atoms with Gasteiger partial charge in [-0.15, -0.1) is 6.58 Å². The molecule has 0 saturated carbocycles. The average molecular weight is 332 g/mol. The van der Waals surface area contributed by atoms with E-state index in [1.54, 1.807) is 28.4 Å². The van der Waals surface area contributed by atoms with Gasteiger partial charge in [-0.3, -0.25) is 0 Å². The Bertz CT molecular complexity index is 337. The van der Waals surface area contributed by atoms with Gasteiger partial charge in [0.1, 0.15) is 30.0 Å². The summed E-state index contributed by atoms with van der Waals surface area (Å²) in [6.45, 7) is 4.44. The van der Waals surface area contributed by atoms with Gasteiger partial charge in [-0.1, -0.05) is 6.08 Å². The van der Waals surface area contributed by atoms with Gasteiger partial charge >= 0.3 is 0 Å². The summed E-state index contributed by atoms with van der Waals surface area (Å²) in [4.78, 5) is 0. The Labute approximate surface area is 139 Å². The fraction of sp³-hybridized carbons (Fsp3) is 0.882. The molecule has 1 aliphatic heterocycles. The van der Waals surface area contributed by atoms with Crippen molar-refractivity contribution in [1.82, 2.24) is 0 Å². The summed E-state index contributed by atoms with van der Waals surface area (Å²) >= 11 is 0. The minimum Gasteiger partial charge on any atom is -0.396 e. The van der Waals surface area contributed by atoms with Crippen molar-refractivity contribution < 1.29 is 28.8 Å². The van der Waals surface area contributed by atoms with Crippen LogP contribution in [0.15, 0.2) is 12.7 Å². The minimum atomic E-state index is -0.565. The number of unbranched alkanes of at least 4 members (excludes halogenated alkanes) is 1.